The van der Waals surface area contributed by atoms with E-state index in [1.54, 1.807) is 13.0 Å². The van der Waals surface area contributed by atoms with Crippen LogP contribution in [-0.4, -0.2) is 9.97 Å². The van der Waals surface area contributed by atoms with Gasteiger partial charge in [0.05, 0.1) is 6.07 Å². The lowest BCUT2D eigenvalue weighted by Gasteiger charge is -2.07. The first kappa shape index (κ1) is 10.5. The second-order valence-corrected chi connectivity index (χ2v) is 3.19. The smallest absolute Gasteiger partial charge is 0.225 e. The topological polar surface area (TPSA) is 35.0 Å². The number of nitrogens with zero attached hydrogens (tertiary/aromatic N) is 2. The van der Waals surface area contributed by atoms with Crippen molar-refractivity contribution in [2.75, 3.05) is 0 Å². The molecule has 0 amide bonds. The van der Waals surface area contributed by atoms with Gasteiger partial charge in [-0.2, -0.15) is 4.39 Å². The maximum absolute atomic E-state index is 12.9. The molecule has 0 saturated carbocycles. The maximum Gasteiger partial charge on any atom is 0.225 e. The van der Waals surface area contributed by atoms with Crippen molar-refractivity contribution in [3.63, 3.8) is 0 Å². The third-order valence-electron chi connectivity index (χ3n) is 1.97. The van der Waals surface area contributed by atoms with Crippen LogP contribution in [0.5, 0.6) is 11.6 Å². The molecule has 0 aliphatic carbocycles. The van der Waals surface area contributed by atoms with E-state index in [0.29, 0.717) is 5.75 Å². The third-order valence-corrected chi connectivity index (χ3v) is 1.97. The Labute approximate surface area is 90.7 Å². The van der Waals surface area contributed by atoms with Crippen LogP contribution in [-0.2, 0) is 0 Å². The molecule has 1 aromatic heterocycles. The molecule has 0 bridgehead atoms. The Balaban J connectivity index is 2.30. The molecule has 0 fully saturated rings. The summed E-state index contributed by atoms with van der Waals surface area (Å²) in [6, 6.07) is 5.14. The van der Waals surface area contributed by atoms with E-state index in [2.05, 4.69) is 9.97 Å². The summed E-state index contributed by atoms with van der Waals surface area (Å²) in [5, 5.41) is 0. The van der Waals surface area contributed by atoms with Crippen LogP contribution in [0.4, 0.5) is 8.78 Å². The van der Waals surface area contributed by atoms with Crippen molar-refractivity contribution in [1.82, 2.24) is 9.97 Å². The van der Waals surface area contributed by atoms with Gasteiger partial charge in [0.1, 0.15) is 17.9 Å². The van der Waals surface area contributed by atoms with Gasteiger partial charge in [0.2, 0.25) is 11.8 Å². The number of ether oxygens (including phenoxy) is 1. The van der Waals surface area contributed by atoms with Crippen molar-refractivity contribution >= 4 is 0 Å². The minimum atomic E-state index is -0.695. The Morgan fingerprint density at radius 3 is 2.69 bits per heavy atom. The van der Waals surface area contributed by atoms with E-state index in [1.807, 2.05) is 0 Å². The van der Waals surface area contributed by atoms with Gasteiger partial charge in [-0.15, -0.1) is 0 Å². The van der Waals surface area contributed by atoms with Gasteiger partial charge < -0.3 is 4.74 Å². The number of aryl methyl sites for hydroxylation is 1. The minimum absolute atomic E-state index is 0.0428. The summed E-state index contributed by atoms with van der Waals surface area (Å²) in [5.74, 6) is -0.770. The van der Waals surface area contributed by atoms with E-state index in [0.717, 1.165) is 18.0 Å². The van der Waals surface area contributed by atoms with Gasteiger partial charge in [-0.05, 0) is 18.6 Å². The molecule has 0 atom stereocenters. The van der Waals surface area contributed by atoms with Crippen molar-refractivity contribution in [1.29, 1.82) is 0 Å². The lowest BCUT2D eigenvalue weighted by atomic mass is 10.2. The highest BCUT2D eigenvalue weighted by Gasteiger charge is 2.05. The zero-order valence-electron chi connectivity index (χ0n) is 8.45. The van der Waals surface area contributed by atoms with Crippen molar-refractivity contribution in [2.45, 2.75) is 6.92 Å². The van der Waals surface area contributed by atoms with Gasteiger partial charge in [-0.1, -0.05) is 6.07 Å². The second kappa shape index (κ2) is 4.22. The fourth-order valence-corrected chi connectivity index (χ4v) is 1.17. The van der Waals surface area contributed by atoms with E-state index in [9.17, 15) is 8.78 Å². The SMILES string of the molecule is Cc1ccc(F)cc1Oc1cc(F)ncn1. The molecule has 0 unspecified atom stereocenters. The molecule has 0 spiro atoms. The summed E-state index contributed by atoms with van der Waals surface area (Å²) in [6.45, 7) is 1.76. The molecule has 16 heavy (non-hydrogen) atoms. The first-order valence-electron chi connectivity index (χ1n) is 4.57. The molecular formula is C11H8F2N2O. The Kier molecular flexibility index (Phi) is 2.76. The summed E-state index contributed by atoms with van der Waals surface area (Å²) in [6.07, 6.45) is 1.04. The zero-order valence-corrected chi connectivity index (χ0v) is 8.45. The highest BCUT2D eigenvalue weighted by atomic mass is 19.1. The van der Waals surface area contributed by atoms with Gasteiger partial charge in [-0.25, -0.2) is 14.4 Å². The van der Waals surface area contributed by atoms with Crippen LogP contribution in [0.2, 0.25) is 0 Å². The first-order valence-corrected chi connectivity index (χ1v) is 4.57. The van der Waals surface area contributed by atoms with E-state index < -0.39 is 11.8 Å². The first-order chi connectivity index (χ1) is 7.65. The maximum atomic E-state index is 12.9. The van der Waals surface area contributed by atoms with Crippen LogP contribution in [0.1, 0.15) is 5.56 Å². The molecule has 0 radical (unpaired) electrons. The van der Waals surface area contributed by atoms with Crippen molar-refractivity contribution in [2.24, 2.45) is 0 Å². The monoisotopic (exact) mass is 222 g/mol. The quantitative estimate of drug-likeness (QED) is 0.733. The van der Waals surface area contributed by atoms with Crippen LogP contribution in [0.15, 0.2) is 30.6 Å². The molecule has 0 N–H and O–H groups in total. The van der Waals surface area contributed by atoms with E-state index in [-0.39, 0.29) is 5.88 Å². The molecule has 1 heterocycles. The van der Waals surface area contributed by atoms with Crippen LogP contribution in [0.3, 0.4) is 0 Å². The van der Waals surface area contributed by atoms with Crippen LogP contribution < -0.4 is 4.74 Å². The Morgan fingerprint density at radius 2 is 1.94 bits per heavy atom. The molecule has 0 aliphatic heterocycles. The largest absolute Gasteiger partial charge is 0.438 e. The standard InChI is InChI=1S/C11H8F2N2O/c1-7-2-3-8(12)4-9(7)16-11-5-10(13)14-6-15-11/h2-6H,1H3. The number of hydrogen-bond donors (Lipinski definition) is 0. The Morgan fingerprint density at radius 1 is 1.12 bits per heavy atom. The molecular weight excluding hydrogens is 214 g/mol. The molecule has 2 aromatic rings. The van der Waals surface area contributed by atoms with Gasteiger partial charge in [-0.3, -0.25) is 0 Å². The van der Waals surface area contributed by atoms with Crippen LogP contribution in [0.25, 0.3) is 0 Å². The minimum Gasteiger partial charge on any atom is -0.438 e. The fraction of sp³-hybridized carbons (Fsp3) is 0.0909. The van der Waals surface area contributed by atoms with E-state index >= 15 is 0 Å². The number of rotatable bonds is 2. The summed E-state index contributed by atoms with van der Waals surface area (Å²) >= 11 is 0. The van der Waals surface area contributed by atoms with Crippen molar-refractivity contribution in [3.05, 3.63) is 47.9 Å². The lowest BCUT2D eigenvalue weighted by molar-refractivity contribution is 0.443. The highest BCUT2D eigenvalue weighted by molar-refractivity contribution is 5.35. The third kappa shape index (κ3) is 2.31. The average molecular weight is 222 g/mol. The predicted octanol–water partition coefficient (Wildman–Crippen LogP) is 2.86. The van der Waals surface area contributed by atoms with Crippen LogP contribution in [0, 0.1) is 18.7 Å². The molecule has 3 nitrogen and oxygen atoms in total. The lowest BCUT2D eigenvalue weighted by Crippen LogP contribution is -1.93. The number of halogens is 2. The second-order valence-electron chi connectivity index (χ2n) is 3.19. The van der Waals surface area contributed by atoms with Gasteiger partial charge >= 0.3 is 0 Å². The Hall–Kier alpha value is -2.04. The fourth-order valence-electron chi connectivity index (χ4n) is 1.17. The van der Waals surface area contributed by atoms with Crippen molar-refractivity contribution in [3.8, 4) is 11.6 Å². The Bertz CT molecular complexity index is 517. The number of hydrogen-bond acceptors (Lipinski definition) is 3. The summed E-state index contributed by atoms with van der Waals surface area (Å²) in [4.78, 5) is 7.00. The normalized spacial score (nSPS) is 10.2. The van der Waals surface area contributed by atoms with Crippen LogP contribution >= 0.6 is 0 Å². The predicted molar refractivity (Wildman–Crippen MR) is 53.2 cm³/mol. The molecule has 5 heteroatoms. The number of aromatic nitrogens is 2. The summed E-state index contributed by atoms with van der Waals surface area (Å²) in [7, 11) is 0. The average Bonchev–Trinajstić information content (AvgIpc) is 2.24. The zero-order chi connectivity index (χ0) is 11.5. The molecule has 82 valence electrons. The van der Waals surface area contributed by atoms with Crippen molar-refractivity contribution < 1.29 is 13.5 Å². The summed E-state index contributed by atoms with van der Waals surface area (Å²) in [5.41, 5.74) is 0.737. The molecule has 0 saturated heterocycles. The number of benzene rings is 1. The van der Waals surface area contributed by atoms with Gasteiger partial charge in [0.25, 0.3) is 0 Å². The van der Waals surface area contributed by atoms with Gasteiger partial charge in [0.15, 0.2) is 0 Å². The highest BCUT2D eigenvalue weighted by Crippen LogP contribution is 2.24. The van der Waals surface area contributed by atoms with Gasteiger partial charge in [0, 0.05) is 6.07 Å². The van der Waals surface area contributed by atoms with E-state index in [1.165, 1.54) is 12.1 Å². The molecule has 1 aromatic carbocycles. The molecule has 0 aliphatic rings. The van der Waals surface area contributed by atoms with E-state index in [4.69, 9.17) is 4.74 Å². The summed E-state index contributed by atoms with van der Waals surface area (Å²) < 4.78 is 30.9. The molecule has 2 rings (SSSR count).